The summed E-state index contributed by atoms with van der Waals surface area (Å²) in [5, 5.41) is 0.760. The molecule has 0 radical (unpaired) electrons. The quantitative estimate of drug-likeness (QED) is 0.823. The van der Waals surface area contributed by atoms with Gasteiger partial charge in [-0.1, -0.05) is 37.1 Å². The minimum atomic E-state index is -0.198. The highest BCUT2D eigenvalue weighted by atomic mass is 35.5. The van der Waals surface area contributed by atoms with Crippen LogP contribution in [0.3, 0.4) is 0 Å². The highest BCUT2D eigenvalue weighted by Gasteiger charge is 2.57. The van der Waals surface area contributed by atoms with Gasteiger partial charge in [-0.15, -0.1) is 12.4 Å². The van der Waals surface area contributed by atoms with E-state index in [9.17, 15) is 4.79 Å². The molecular formula is C21H30Cl2N2O. The summed E-state index contributed by atoms with van der Waals surface area (Å²) in [6, 6.07) is 8.09. The minimum absolute atomic E-state index is 0. The largest absolute Gasteiger partial charge is 0.342 e. The third-order valence-corrected chi connectivity index (χ3v) is 7.42. The molecule has 1 aromatic rings. The Labute approximate surface area is 168 Å². The fourth-order valence-corrected chi connectivity index (χ4v) is 5.77. The number of carbonyl (C=O) groups excluding carboxylic acids is 1. The zero-order valence-corrected chi connectivity index (χ0v) is 17.1. The van der Waals surface area contributed by atoms with Crippen LogP contribution in [0.1, 0.15) is 44.6 Å². The summed E-state index contributed by atoms with van der Waals surface area (Å²) in [4.78, 5) is 15.8. The van der Waals surface area contributed by atoms with Gasteiger partial charge in [0.1, 0.15) is 0 Å². The van der Waals surface area contributed by atoms with E-state index in [2.05, 4.69) is 24.0 Å². The van der Waals surface area contributed by atoms with Crippen molar-refractivity contribution in [1.82, 2.24) is 4.90 Å². The first-order chi connectivity index (χ1) is 11.9. The van der Waals surface area contributed by atoms with Crippen molar-refractivity contribution in [3.05, 3.63) is 34.9 Å². The molecular weight excluding hydrogens is 367 g/mol. The standard InChI is InChI=1S/C21H29ClN2O.ClH/c1-20(13-23)8-9-24(14-20)19(25)21(12-16-2-5-17(21)10-16)11-15-3-6-18(22)7-4-15;/h3-4,6-7,16-17H,2,5,8-14,23H2,1H3;1H. The van der Waals surface area contributed by atoms with Crippen molar-refractivity contribution < 1.29 is 4.79 Å². The van der Waals surface area contributed by atoms with Crippen LogP contribution in [-0.2, 0) is 11.2 Å². The van der Waals surface area contributed by atoms with Gasteiger partial charge in [0, 0.05) is 18.1 Å². The molecule has 4 atom stereocenters. The summed E-state index contributed by atoms with van der Waals surface area (Å²) in [6.45, 7) is 4.56. The summed E-state index contributed by atoms with van der Waals surface area (Å²) >= 11 is 6.05. The smallest absolute Gasteiger partial charge is 0.229 e. The predicted octanol–water partition coefficient (Wildman–Crippen LogP) is 4.31. The van der Waals surface area contributed by atoms with E-state index in [1.54, 1.807) is 0 Å². The number of hydrogen-bond donors (Lipinski definition) is 1. The first kappa shape index (κ1) is 20.0. The topological polar surface area (TPSA) is 46.3 Å². The van der Waals surface area contributed by atoms with E-state index in [0.717, 1.165) is 43.3 Å². The van der Waals surface area contributed by atoms with Crippen molar-refractivity contribution in [3.8, 4) is 0 Å². The van der Waals surface area contributed by atoms with Gasteiger partial charge in [-0.05, 0) is 73.6 Å². The highest BCUT2D eigenvalue weighted by molar-refractivity contribution is 6.30. The van der Waals surface area contributed by atoms with Crippen molar-refractivity contribution in [3.63, 3.8) is 0 Å². The molecule has 3 fully saturated rings. The van der Waals surface area contributed by atoms with Crippen LogP contribution >= 0.6 is 24.0 Å². The average Bonchev–Trinajstić information content (AvgIpc) is 3.31. The highest BCUT2D eigenvalue weighted by Crippen LogP contribution is 2.58. The van der Waals surface area contributed by atoms with Crippen LogP contribution in [0.5, 0.6) is 0 Å². The monoisotopic (exact) mass is 396 g/mol. The lowest BCUT2D eigenvalue weighted by atomic mass is 9.68. The number of fused-ring (bicyclic) bond motifs is 2. The second-order valence-electron chi connectivity index (χ2n) is 9.03. The van der Waals surface area contributed by atoms with Crippen LogP contribution in [-0.4, -0.2) is 30.4 Å². The number of amides is 1. The van der Waals surface area contributed by atoms with E-state index in [1.165, 1.54) is 24.8 Å². The molecule has 3 aliphatic rings. The molecule has 0 spiro atoms. The molecule has 0 aromatic heterocycles. The molecule has 2 N–H and O–H groups in total. The van der Waals surface area contributed by atoms with Gasteiger partial charge in [0.25, 0.3) is 0 Å². The molecule has 5 heteroatoms. The van der Waals surface area contributed by atoms with E-state index in [0.29, 0.717) is 18.4 Å². The molecule has 26 heavy (non-hydrogen) atoms. The maximum Gasteiger partial charge on any atom is 0.229 e. The van der Waals surface area contributed by atoms with Crippen molar-refractivity contribution >= 4 is 29.9 Å². The van der Waals surface area contributed by atoms with E-state index >= 15 is 0 Å². The maximum absolute atomic E-state index is 13.7. The van der Waals surface area contributed by atoms with E-state index in [-0.39, 0.29) is 23.2 Å². The lowest BCUT2D eigenvalue weighted by Gasteiger charge is -2.40. The van der Waals surface area contributed by atoms with Crippen molar-refractivity contribution in [2.24, 2.45) is 28.4 Å². The number of nitrogens with zero attached hydrogens (tertiary/aromatic N) is 1. The van der Waals surface area contributed by atoms with Crippen LogP contribution in [0.15, 0.2) is 24.3 Å². The SMILES string of the molecule is CC1(CN)CCN(C(=O)C2(Cc3ccc(Cl)cc3)CC3CCC2C3)C1.Cl. The predicted molar refractivity (Wildman–Crippen MR) is 109 cm³/mol. The molecule has 1 aromatic carbocycles. The summed E-state index contributed by atoms with van der Waals surface area (Å²) in [5.41, 5.74) is 7.10. The molecule has 4 rings (SSSR count). The average molecular weight is 397 g/mol. The van der Waals surface area contributed by atoms with Crippen LogP contribution in [0, 0.1) is 22.7 Å². The van der Waals surface area contributed by atoms with Gasteiger partial charge >= 0.3 is 0 Å². The summed E-state index contributed by atoms with van der Waals surface area (Å²) < 4.78 is 0. The second-order valence-corrected chi connectivity index (χ2v) is 9.47. The van der Waals surface area contributed by atoms with Crippen LogP contribution in [0.4, 0.5) is 0 Å². The van der Waals surface area contributed by atoms with E-state index in [1.807, 2.05) is 12.1 Å². The number of benzene rings is 1. The number of nitrogens with two attached hydrogens (primary N) is 1. The van der Waals surface area contributed by atoms with Gasteiger partial charge in [-0.3, -0.25) is 4.79 Å². The summed E-state index contributed by atoms with van der Waals surface area (Å²) in [5.74, 6) is 1.68. The third kappa shape index (κ3) is 3.39. The first-order valence-electron chi connectivity index (χ1n) is 9.68. The zero-order chi connectivity index (χ0) is 17.7. The number of likely N-dealkylation sites (tertiary alicyclic amines) is 1. The molecule has 2 saturated carbocycles. The Morgan fingerprint density at radius 1 is 1.31 bits per heavy atom. The van der Waals surface area contributed by atoms with Gasteiger partial charge in [-0.2, -0.15) is 0 Å². The van der Waals surface area contributed by atoms with E-state index in [4.69, 9.17) is 17.3 Å². The van der Waals surface area contributed by atoms with Crippen LogP contribution < -0.4 is 5.73 Å². The van der Waals surface area contributed by atoms with Crippen LogP contribution in [0.25, 0.3) is 0 Å². The van der Waals surface area contributed by atoms with Gasteiger partial charge in [0.05, 0.1) is 5.41 Å². The Balaban J connectivity index is 0.00000196. The minimum Gasteiger partial charge on any atom is -0.342 e. The summed E-state index contributed by atoms with van der Waals surface area (Å²) in [7, 11) is 0. The van der Waals surface area contributed by atoms with Gasteiger partial charge in [-0.25, -0.2) is 0 Å². The zero-order valence-electron chi connectivity index (χ0n) is 15.5. The molecule has 2 bridgehead atoms. The molecule has 144 valence electrons. The lowest BCUT2D eigenvalue weighted by molar-refractivity contribution is -0.144. The fraction of sp³-hybridized carbons (Fsp3) is 0.667. The number of hydrogen-bond acceptors (Lipinski definition) is 2. The number of rotatable bonds is 4. The Kier molecular flexibility index (Phi) is 5.63. The van der Waals surface area contributed by atoms with Crippen molar-refractivity contribution in [1.29, 1.82) is 0 Å². The molecule has 1 amide bonds. The van der Waals surface area contributed by atoms with E-state index < -0.39 is 0 Å². The van der Waals surface area contributed by atoms with Crippen molar-refractivity contribution in [2.45, 2.75) is 45.4 Å². The van der Waals surface area contributed by atoms with Crippen LogP contribution in [0.2, 0.25) is 5.02 Å². The number of halogens is 2. The molecule has 1 heterocycles. The molecule has 1 saturated heterocycles. The molecule has 1 aliphatic heterocycles. The third-order valence-electron chi connectivity index (χ3n) is 7.17. The molecule has 2 aliphatic carbocycles. The summed E-state index contributed by atoms with van der Waals surface area (Å²) in [6.07, 6.45) is 6.71. The fourth-order valence-electron chi connectivity index (χ4n) is 5.64. The molecule has 4 unspecified atom stereocenters. The lowest BCUT2D eigenvalue weighted by Crippen LogP contribution is -2.48. The Bertz CT molecular complexity index is 664. The normalized spacial score (nSPS) is 35.6. The van der Waals surface area contributed by atoms with Gasteiger partial charge in [0.2, 0.25) is 5.91 Å². The Morgan fingerprint density at radius 2 is 2.04 bits per heavy atom. The van der Waals surface area contributed by atoms with Crippen molar-refractivity contribution in [2.75, 3.05) is 19.6 Å². The Hall–Kier alpha value is -0.770. The maximum atomic E-state index is 13.7. The first-order valence-corrected chi connectivity index (χ1v) is 10.1. The van der Waals surface area contributed by atoms with Gasteiger partial charge in [0.15, 0.2) is 0 Å². The second kappa shape index (κ2) is 7.33. The molecule has 3 nitrogen and oxygen atoms in total. The number of carbonyl (C=O) groups is 1. The van der Waals surface area contributed by atoms with Gasteiger partial charge < -0.3 is 10.6 Å². The Morgan fingerprint density at radius 3 is 2.58 bits per heavy atom.